The van der Waals surface area contributed by atoms with Crippen molar-refractivity contribution in [3.63, 3.8) is 0 Å². The van der Waals surface area contributed by atoms with Crippen molar-refractivity contribution in [1.29, 1.82) is 0 Å². The van der Waals surface area contributed by atoms with Crippen molar-refractivity contribution >= 4 is 47.8 Å². The van der Waals surface area contributed by atoms with E-state index < -0.39 is 47.8 Å². The summed E-state index contributed by atoms with van der Waals surface area (Å²) in [6.45, 7) is 19.3. The van der Waals surface area contributed by atoms with E-state index in [1.165, 1.54) is 104 Å². The quantitative estimate of drug-likeness (QED) is 0.101. The summed E-state index contributed by atoms with van der Waals surface area (Å²) in [5, 5.41) is 92.4. The van der Waals surface area contributed by atoms with Crippen molar-refractivity contribution < 1.29 is 100 Å². The molecular formula is C36H64N8O16. The van der Waals surface area contributed by atoms with Gasteiger partial charge in [0.1, 0.15) is 0 Å². The molecule has 0 spiro atoms. The van der Waals surface area contributed by atoms with E-state index in [0.29, 0.717) is 48.6 Å². The minimum atomic E-state index is -1.51. The molecule has 0 atom stereocenters. The molecule has 24 heteroatoms. The van der Waals surface area contributed by atoms with Gasteiger partial charge in [-0.15, -0.1) is 0 Å². The molecule has 2 fully saturated rings. The molecule has 0 bridgehead atoms. The minimum absolute atomic E-state index is 0.447. The molecule has 0 aliphatic carbocycles. The fraction of sp³-hybridized carbons (Fsp3) is 0.556. The number of carboxylic acid groups (broad SMARTS) is 8. The van der Waals surface area contributed by atoms with Crippen LogP contribution in [0.15, 0.2) is 48.6 Å². The molecule has 2 heterocycles. The topological polar surface area (TPSA) is 424 Å². The van der Waals surface area contributed by atoms with Gasteiger partial charge in [0.25, 0.3) is 0 Å². The van der Waals surface area contributed by atoms with Gasteiger partial charge >= 0.3 is 23.9 Å². The van der Waals surface area contributed by atoms with Crippen molar-refractivity contribution in [3.8, 4) is 0 Å². The van der Waals surface area contributed by atoms with Gasteiger partial charge in [-0.2, -0.15) is 0 Å². The summed E-state index contributed by atoms with van der Waals surface area (Å²) in [6, 6.07) is 0. The van der Waals surface area contributed by atoms with Crippen LogP contribution in [0, 0.1) is 0 Å². The number of nitrogens with two attached hydrogens (primary N) is 4. The Morgan fingerprint density at radius 2 is 0.500 bits per heavy atom. The molecular weight excluding hydrogens is 800 g/mol. The van der Waals surface area contributed by atoms with Crippen molar-refractivity contribution in [2.75, 3.05) is 105 Å². The van der Waals surface area contributed by atoms with Gasteiger partial charge in [-0.05, 0) is 24.3 Å². The number of carbonyl (C=O) groups is 8. The first-order valence-electron chi connectivity index (χ1n) is 19.1. The third-order valence-corrected chi connectivity index (χ3v) is 6.60. The maximum atomic E-state index is 9.53. The zero-order valence-electron chi connectivity index (χ0n) is 33.8. The van der Waals surface area contributed by atoms with Crippen molar-refractivity contribution in [1.82, 2.24) is 21.3 Å². The fourth-order valence-electron chi connectivity index (χ4n) is 3.94. The standard InChI is InChI=1S/2C10H24N4.4C4H4O4/c2*1-3-11-7-9-13-5-2-6-14-10-8-12-4-1;4*5-3(6)1-2-4(7)8/h2*11-14H,1-10H2;4*1-2H,(H,5,6)(H,7,8)/b;;4*2-1-. The van der Waals surface area contributed by atoms with Gasteiger partial charge in [0.05, 0.1) is 76.2 Å². The van der Waals surface area contributed by atoms with Crippen LogP contribution in [0.3, 0.4) is 0 Å². The van der Waals surface area contributed by atoms with Crippen LogP contribution in [-0.2, 0) is 38.4 Å². The van der Waals surface area contributed by atoms with Gasteiger partial charge in [0.15, 0.2) is 0 Å². The van der Waals surface area contributed by atoms with E-state index in [1.54, 1.807) is 0 Å². The second kappa shape index (κ2) is 49.5. The Balaban J connectivity index is -0.000000321. The Morgan fingerprint density at radius 1 is 0.317 bits per heavy atom. The number of hydrogen-bond donors (Lipinski definition) is 12. The highest BCUT2D eigenvalue weighted by atomic mass is 16.4. The number of nitrogens with one attached hydrogen (secondary N) is 4. The average molecular weight is 865 g/mol. The van der Waals surface area contributed by atoms with Crippen LogP contribution in [0.25, 0.3) is 0 Å². The molecule has 24 nitrogen and oxygen atoms in total. The van der Waals surface area contributed by atoms with E-state index in [4.69, 9.17) is 20.4 Å². The number of carbonyl (C=O) groups excluding carboxylic acids is 4. The third-order valence-electron chi connectivity index (χ3n) is 6.60. The van der Waals surface area contributed by atoms with Crippen LogP contribution in [0.2, 0.25) is 0 Å². The highest BCUT2D eigenvalue weighted by Crippen LogP contribution is 1.72. The lowest BCUT2D eigenvalue weighted by Crippen LogP contribution is -2.87. The summed E-state index contributed by atoms with van der Waals surface area (Å²) in [6.07, 6.45) is 8.94. The summed E-state index contributed by atoms with van der Waals surface area (Å²) < 4.78 is 0. The largest absolute Gasteiger partial charge is 0.545 e. The molecule has 2 aliphatic heterocycles. The Hall–Kier alpha value is -5.60. The Morgan fingerprint density at radius 3 is 0.633 bits per heavy atom. The zero-order chi connectivity index (χ0) is 46.1. The second-order valence-corrected chi connectivity index (χ2v) is 11.8. The first-order chi connectivity index (χ1) is 28.5. The maximum absolute atomic E-state index is 9.53. The van der Waals surface area contributed by atoms with Gasteiger partial charge in [-0.1, -0.05) is 0 Å². The summed E-state index contributed by atoms with van der Waals surface area (Å²) in [4.78, 5) is 75.9. The van der Waals surface area contributed by atoms with Crippen molar-refractivity contribution in [3.05, 3.63) is 48.6 Å². The third kappa shape index (κ3) is 77.0. The summed E-state index contributed by atoms with van der Waals surface area (Å²) >= 11 is 0. The summed E-state index contributed by atoms with van der Waals surface area (Å²) in [5.74, 6) is -11.2. The van der Waals surface area contributed by atoms with Gasteiger partial charge in [-0.3, -0.25) is 0 Å². The summed E-state index contributed by atoms with van der Waals surface area (Å²) in [7, 11) is 0. The Kier molecular flexibility index (Phi) is 50.4. The number of quaternary nitrogens is 4. The van der Waals surface area contributed by atoms with Crippen LogP contribution in [-0.4, -0.2) is 173 Å². The lowest BCUT2D eigenvalue weighted by Gasteiger charge is -2.07. The normalized spacial score (nSPS) is 16.3. The van der Waals surface area contributed by atoms with Crippen LogP contribution in [0.5, 0.6) is 0 Å². The molecule has 2 aliphatic rings. The molecule has 16 N–H and O–H groups in total. The molecule has 0 radical (unpaired) electrons. The van der Waals surface area contributed by atoms with E-state index in [2.05, 4.69) is 42.5 Å². The maximum Gasteiger partial charge on any atom is 0.328 e. The monoisotopic (exact) mass is 864 g/mol. The predicted molar refractivity (Wildman–Crippen MR) is 204 cm³/mol. The molecule has 0 aromatic rings. The van der Waals surface area contributed by atoms with Crippen LogP contribution in [0.1, 0.15) is 25.7 Å². The molecule has 0 aromatic heterocycles. The lowest BCUT2D eigenvalue weighted by atomic mass is 10.3. The number of hydrogen-bond acceptors (Lipinski definition) is 16. The van der Waals surface area contributed by atoms with Gasteiger partial charge in [-0.25, -0.2) is 19.2 Å². The van der Waals surface area contributed by atoms with Crippen LogP contribution >= 0.6 is 0 Å². The van der Waals surface area contributed by atoms with Gasteiger partial charge < -0.3 is 103 Å². The lowest BCUT2D eigenvalue weighted by molar-refractivity contribution is -0.655. The SMILES string of the molecule is C1CNCC[NH2+]CCCNCC[NH2+]C1.C1CNCC[NH2+]CCCNCC[NH2+]C1.O=C([O-])/C=C\C(=O)O.O=C([O-])/C=C\C(=O)O.O=C([O-])/C=C\C(=O)O.O=C([O-])/C=C\C(=O)O. The van der Waals surface area contributed by atoms with Gasteiger partial charge in [0.2, 0.25) is 0 Å². The number of carboxylic acids is 8. The zero-order valence-corrected chi connectivity index (χ0v) is 33.8. The molecule has 0 unspecified atom stereocenters. The Labute approximate surface area is 348 Å². The van der Waals surface area contributed by atoms with Crippen LogP contribution in [0.4, 0.5) is 0 Å². The fourth-order valence-corrected chi connectivity index (χ4v) is 3.94. The molecule has 2 rings (SSSR count). The molecule has 2 saturated heterocycles. The highest BCUT2D eigenvalue weighted by Gasteiger charge is 1.98. The molecule has 0 saturated carbocycles. The predicted octanol–water partition coefficient (Wildman–Crippen LogP) is -12.3. The molecule has 344 valence electrons. The first-order valence-corrected chi connectivity index (χ1v) is 19.1. The Bertz CT molecular complexity index is 962. The summed E-state index contributed by atoms with van der Waals surface area (Å²) in [5.41, 5.74) is 0. The first kappa shape index (κ1) is 61.1. The average Bonchev–Trinajstić information content (AvgIpc) is 3.18. The van der Waals surface area contributed by atoms with E-state index in [0.717, 1.165) is 26.2 Å². The van der Waals surface area contributed by atoms with E-state index in [9.17, 15) is 58.8 Å². The number of rotatable bonds is 8. The minimum Gasteiger partial charge on any atom is -0.545 e. The van der Waals surface area contributed by atoms with Crippen molar-refractivity contribution in [2.24, 2.45) is 0 Å². The second-order valence-electron chi connectivity index (χ2n) is 11.8. The van der Waals surface area contributed by atoms with Crippen LogP contribution < -0.4 is 63.0 Å². The van der Waals surface area contributed by atoms with E-state index in [1.807, 2.05) is 0 Å². The molecule has 0 amide bonds. The van der Waals surface area contributed by atoms with E-state index >= 15 is 0 Å². The molecule has 60 heavy (non-hydrogen) atoms. The van der Waals surface area contributed by atoms with Gasteiger partial charge in [0, 0.05) is 102 Å². The molecule has 0 aromatic carbocycles. The van der Waals surface area contributed by atoms with E-state index in [-0.39, 0.29) is 0 Å². The van der Waals surface area contributed by atoms with Crippen molar-refractivity contribution in [2.45, 2.75) is 25.7 Å². The smallest absolute Gasteiger partial charge is 0.328 e. The number of aliphatic carboxylic acids is 8. The highest BCUT2D eigenvalue weighted by molar-refractivity contribution is 5.90.